The van der Waals surface area contributed by atoms with Crippen LogP contribution in [0.25, 0.3) is 11.5 Å². The van der Waals surface area contributed by atoms with Crippen molar-refractivity contribution in [3.8, 4) is 28.8 Å². The molecule has 0 bridgehead atoms. The molecule has 38 heavy (non-hydrogen) atoms. The maximum Gasteiger partial charge on any atom is 0.345 e. The molecule has 0 radical (unpaired) electrons. The summed E-state index contributed by atoms with van der Waals surface area (Å²) >= 11 is 0. The number of benzene rings is 3. The summed E-state index contributed by atoms with van der Waals surface area (Å²) in [5.74, 6) is 2.33. The lowest BCUT2D eigenvalue weighted by Crippen LogP contribution is -2.07. The monoisotopic (exact) mass is 509 g/mol. The number of esters is 1. The molecule has 5 aromatic rings. The van der Waals surface area contributed by atoms with Crippen molar-refractivity contribution in [1.82, 2.24) is 14.8 Å². The molecule has 8 nitrogen and oxygen atoms in total. The highest BCUT2D eigenvalue weighted by molar-refractivity contribution is 5.91. The molecule has 0 aliphatic carbocycles. The van der Waals surface area contributed by atoms with E-state index in [9.17, 15) is 4.79 Å². The van der Waals surface area contributed by atoms with Crippen molar-refractivity contribution >= 4 is 5.97 Å². The van der Waals surface area contributed by atoms with Crippen molar-refractivity contribution in [2.45, 2.75) is 27.0 Å². The first-order valence-electron chi connectivity index (χ1n) is 12.3. The largest absolute Gasteiger partial charge is 0.469 e. The number of carbonyl (C=O) groups is 1. The van der Waals surface area contributed by atoms with Gasteiger partial charge in [-0.25, -0.2) is 9.78 Å². The number of hydrogen-bond acceptors (Lipinski definition) is 7. The normalized spacial score (nSPS) is 10.8. The maximum absolute atomic E-state index is 12.6. The summed E-state index contributed by atoms with van der Waals surface area (Å²) in [7, 11) is 0. The van der Waals surface area contributed by atoms with Crippen LogP contribution in [0.5, 0.6) is 17.4 Å². The quantitative estimate of drug-likeness (QED) is 0.200. The lowest BCUT2D eigenvalue weighted by molar-refractivity contribution is 0.0521. The summed E-state index contributed by atoms with van der Waals surface area (Å²) in [5.41, 5.74) is 2.73. The Kier molecular flexibility index (Phi) is 7.49. The molecule has 192 valence electrons. The van der Waals surface area contributed by atoms with Crippen molar-refractivity contribution in [2.75, 3.05) is 6.61 Å². The average molecular weight is 510 g/mol. The molecule has 0 aliphatic rings. The van der Waals surface area contributed by atoms with Crippen molar-refractivity contribution in [1.29, 1.82) is 0 Å². The Bertz CT molecular complexity index is 1490. The number of carbonyl (C=O) groups excluding carboxylic acids is 1. The Morgan fingerprint density at radius 3 is 2.32 bits per heavy atom. The van der Waals surface area contributed by atoms with E-state index in [0.717, 1.165) is 22.6 Å². The summed E-state index contributed by atoms with van der Waals surface area (Å²) in [6.45, 7) is 4.36. The van der Waals surface area contributed by atoms with Crippen LogP contribution >= 0.6 is 0 Å². The maximum atomic E-state index is 12.6. The predicted molar refractivity (Wildman–Crippen MR) is 141 cm³/mol. The fourth-order valence-corrected chi connectivity index (χ4v) is 3.82. The predicted octanol–water partition coefficient (Wildman–Crippen LogP) is 6.44. The van der Waals surface area contributed by atoms with Crippen LogP contribution < -0.4 is 9.47 Å². The van der Waals surface area contributed by atoms with Crippen LogP contribution in [0.1, 0.15) is 34.3 Å². The van der Waals surface area contributed by atoms with Gasteiger partial charge in [-0.1, -0.05) is 48.5 Å². The van der Waals surface area contributed by atoms with Gasteiger partial charge in [0.2, 0.25) is 11.8 Å². The number of aryl methyl sites for hydroxylation is 1. The Hall–Kier alpha value is -4.85. The standard InChI is InChI=1S/C30H27N3O5/c1-3-35-30(34)26-19-33(18-22-14-16-25(17-15-22)38-24-12-8-5-9-13-24)32-29(26)36-20-27-21(2)37-28(31-27)23-10-6-4-7-11-23/h4-17,19H,3,18,20H2,1-2H3. The van der Waals surface area contributed by atoms with Gasteiger partial charge in [0, 0.05) is 11.8 Å². The average Bonchev–Trinajstić information content (AvgIpc) is 3.52. The number of nitrogens with zero attached hydrogens (tertiary/aromatic N) is 3. The molecule has 0 spiro atoms. The molecule has 0 atom stereocenters. The van der Waals surface area contributed by atoms with E-state index in [4.69, 9.17) is 18.6 Å². The van der Waals surface area contributed by atoms with E-state index in [0.29, 0.717) is 23.9 Å². The van der Waals surface area contributed by atoms with Gasteiger partial charge in [-0.15, -0.1) is 5.10 Å². The van der Waals surface area contributed by atoms with Crippen LogP contribution in [0.2, 0.25) is 0 Å². The van der Waals surface area contributed by atoms with Crippen molar-refractivity contribution in [3.63, 3.8) is 0 Å². The molecule has 0 N–H and O–H groups in total. The molecule has 2 heterocycles. The number of rotatable bonds is 10. The van der Waals surface area contributed by atoms with Gasteiger partial charge in [0.25, 0.3) is 0 Å². The molecule has 8 heteroatoms. The van der Waals surface area contributed by atoms with E-state index in [-0.39, 0.29) is 24.7 Å². The van der Waals surface area contributed by atoms with Crippen molar-refractivity contribution in [3.05, 3.63) is 114 Å². The summed E-state index contributed by atoms with van der Waals surface area (Å²) in [4.78, 5) is 17.2. The second-order valence-electron chi connectivity index (χ2n) is 8.50. The van der Waals surface area contributed by atoms with Crippen LogP contribution in [-0.4, -0.2) is 27.3 Å². The topological polar surface area (TPSA) is 88.6 Å². The number of ether oxygens (including phenoxy) is 3. The number of aromatic nitrogens is 3. The van der Waals surface area contributed by atoms with Gasteiger partial charge in [0.15, 0.2) is 0 Å². The second kappa shape index (κ2) is 11.5. The SMILES string of the molecule is CCOC(=O)c1cn(Cc2ccc(Oc3ccccc3)cc2)nc1OCc1nc(-c2ccccc2)oc1C. The Labute approximate surface area is 220 Å². The minimum Gasteiger partial charge on any atom is -0.469 e. The summed E-state index contributed by atoms with van der Waals surface area (Å²) in [5, 5.41) is 4.51. The van der Waals surface area contributed by atoms with E-state index in [1.54, 1.807) is 17.8 Å². The third kappa shape index (κ3) is 5.92. The van der Waals surface area contributed by atoms with E-state index in [2.05, 4.69) is 10.1 Å². The third-order valence-electron chi connectivity index (χ3n) is 5.73. The molecule has 0 aliphatic heterocycles. The van der Waals surface area contributed by atoms with Gasteiger partial charge < -0.3 is 18.6 Å². The van der Waals surface area contributed by atoms with Gasteiger partial charge >= 0.3 is 5.97 Å². The molecular weight excluding hydrogens is 482 g/mol. The highest BCUT2D eigenvalue weighted by atomic mass is 16.5. The minimum atomic E-state index is -0.498. The molecule has 0 fully saturated rings. The summed E-state index contributed by atoms with van der Waals surface area (Å²) < 4.78 is 24.5. The van der Waals surface area contributed by atoms with Gasteiger partial charge in [-0.2, -0.15) is 0 Å². The Balaban J connectivity index is 1.30. The van der Waals surface area contributed by atoms with Crippen LogP contribution in [0.4, 0.5) is 0 Å². The van der Waals surface area contributed by atoms with Crippen LogP contribution in [-0.2, 0) is 17.9 Å². The first-order valence-corrected chi connectivity index (χ1v) is 12.3. The fourth-order valence-electron chi connectivity index (χ4n) is 3.82. The smallest absolute Gasteiger partial charge is 0.345 e. The number of oxazole rings is 1. The van der Waals surface area contributed by atoms with Crippen LogP contribution in [0.15, 0.2) is 95.5 Å². The molecule has 0 unspecified atom stereocenters. The van der Waals surface area contributed by atoms with E-state index in [1.807, 2.05) is 91.9 Å². The van der Waals surface area contributed by atoms with Crippen molar-refractivity contribution in [2.24, 2.45) is 0 Å². The van der Waals surface area contributed by atoms with E-state index < -0.39 is 5.97 Å². The van der Waals surface area contributed by atoms with Gasteiger partial charge in [0.1, 0.15) is 35.1 Å². The van der Waals surface area contributed by atoms with E-state index in [1.165, 1.54) is 0 Å². The first-order chi connectivity index (χ1) is 18.6. The second-order valence-corrected chi connectivity index (χ2v) is 8.50. The minimum absolute atomic E-state index is 0.0944. The summed E-state index contributed by atoms with van der Waals surface area (Å²) in [6.07, 6.45) is 1.63. The Morgan fingerprint density at radius 1 is 0.921 bits per heavy atom. The van der Waals surface area contributed by atoms with Gasteiger partial charge in [0.05, 0.1) is 13.2 Å². The highest BCUT2D eigenvalue weighted by Crippen LogP contribution is 2.25. The zero-order valence-corrected chi connectivity index (χ0v) is 21.2. The number of para-hydroxylation sites is 1. The van der Waals surface area contributed by atoms with E-state index >= 15 is 0 Å². The molecule has 0 saturated carbocycles. The van der Waals surface area contributed by atoms with Crippen LogP contribution in [0.3, 0.4) is 0 Å². The van der Waals surface area contributed by atoms with Crippen molar-refractivity contribution < 1.29 is 23.4 Å². The third-order valence-corrected chi connectivity index (χ3v) is 5.73. The molecule has 3 aromatic carbocycles. The first kappa shape index (κ1) is 24.8. The lowest BCUT2D eigenvalue weighted by Gasteiger charge is -2.07. The molecule has 2 aromatic heterocycles. The van der Waals surface area contributed by atoms with Gasteiger partial charge in [-0.05, 0) is 55.8 Å². The zero-order valence-electron chi connectivity index (χ0n) is 21.2. The molecule has 0 saturated heterocycles. The number of hydrogen-bond donors (Lipinski definition) is 0. The molecule has 0 amide bonds. The molecule has 5 rings (SSSR count). The van der Waals surface area contributed by atoms with Crippen LogP contribution in [0, 0.1) is 6.92 Å². The summed E-state index contributed by atoms with van der Waals surface area (Å²) in [6, 6.07) is 26.9. The zero-order chi connectivity index (χ0) is 26.3. The molecular formula is C30H27N3O5. The highest BCUT2D eigenvalue weighted by Gasteiger charge is 2.21. The lowest BCUT2D eigenvalue weighted by atomic mass is 10.2. The fraction of sp³-hybridized carbons (Fsp3) is 0.167. The van der Waals surface area contributed by atoms with Gasteiger partial charge in [-0.3, -0.25) is 4.68 Å². The Morgan fingerprint density at radius 2 is 1.61 bits per heavy atom.